The van der Waals surface area contributed by atoms with Crippen molar-refractivity contribution in [3.05, 3.63) is 33.9 Å². The van der Waals surface area contributed by atoms with E-state index in [1.807, 2.05) is 0 Å². The molecule has 0 saturated heterocycles. The average molecular weight is 308 g/mol. The zero-order valence-corrected chi connectivity index (χ0v) is 11.4. The lowest BCUT2D eigenvalue weighted by molar-refractivity contribution is -0.385. The molecule has 9 heteroatoms. The van der Waals surface area contributed by atoms with Crippen molar-refractivity contribution >= 4 is 32.4 Å². The summed E-state index contributed by atoms with van der Waals surface area (Å²) < 4.78 is 27.9. The van der Waals surface area contributed by atoms with Crippen LogP contribution in [0, 0.1) is 10.1 Å². The highest BCUT2D eigenvalue weighted by molar-refractivity contribution is 7.91. The maximum Gasteiger partial charge on any atom is 0.311 e. The Hall–Kier alpha value is -1.67. The third kappa shape index (κ3) is 4.49. The van der Waals surface area contributed by atoms with Crippen molar-refractivity contribution in [3.8, 4) is 5.75 Å². The van der Waals surface area contributed by atoms with Gasteiger partial charge in [0.05, 0.1) is 17.8 Å². The molecule has 0 saturated carbocycles. The molecule has 1 aromatic carbocycles. The van der Waals surface area contributed by atoms with E-state index in [1.54, 1.807) is 0 Å². The van der Waals surface area contributed by atoms with Crippen LogP contribution in [0.4, 0.5) is 5.69 Å². The van der Waals surface area contributed by atoms with Gasteiger partial charge in [0.2, 0.25) is 5.24 Å². The molecule has 0 aliphatic heterocycles. The highest BCUT2D eigenvalue weighted by Gasteiger charge is 2.20. The Morgan fingerprint density at radius 1 is 1.47 bits per heavy atom. The van der Waals surface area contributed by atoms with Gasteiger partial charge in [0.1, 0.15) is 5.75 Å². The minimum Gasteiger partial charge on any atom is -0.490 e. The van der Waals surface area contributed by atoms with Crippen LogP contribution in [0.25, 0.3) is 0 Å². The monoisotopic (exact) mass is 307 g/mol. The molecule has 0 unspecified atom stereocenters. The Bertz CT molecular complexity index is 612. The molecule has 104 valence electrons. The predicted molar refractivity (Wildman–Crippen MR) is 68.0 cm³/mol. The lowest BCUT2D eigenvalue weighted by Gasteiger charge is -2.05. The van der Waals surface area contributed by atoms with Gasteiger partial charge in [0, 0.05) is 6.07 Å². The first-order valence-corrected chi connectivity index (χ1v) is 7.15. The summed E-state index contributed by atoms with van der Waals surface area (Å²) in [6.07, 6.45) is 0. The smallest absolute Gasteiger partial charge is 0.311 e. The third-order valence-corrected chi connectivity index (χ3v) is 3.93. The summed E-state index contributed by atoms with van der Waals surface area (Å²) in [4.78, 5) is 20.7. The normalized spacial score (nSPS) is 11.1. The second-order valence-electron chi connectivity index (χ2n) is 3.65. The third-order valence-electron chi connectivity index (χ3n) is 2.16. The van der Waals surface area contributed by atoms with E-state index in [1.165, 1.54) is 19.2 Å². The van der Waals surface area contributed by atoms with Gasteiger partial charge >= 0.3 is 5.69 Å². The SMILES string of the molecule is COc1ccc(CS(=O)(=O)CC(=O)Cl)cc1[N+](=O)[O-]. The van der Waals surface area contributed by atoms with E-state index < -0.39 is 31.5 Å². The fourth-order valence-electron chi connectivity index (χ4n) is 1.45. The van der Waals surface area contributed by atoms with Crippen molar-refractivity contribution in [2.75, 3.05) is 12.9 Å². The van der Waals surface area contributed by atoms with Crippen LogP contribution in [0.2, 0.25) is 0 Å². The number of ether oxygens (including phenoxy) is 1. The number of sulfone groups is 1. The average Bonchev–Trinajstić information content (AvgIpc) is 2.26. The molecule has 0 aromatic heterocycles. The van der Waals surface area contributed by atoms with E-state index in [0.29, 0.717) is 0 Å². The highest BCUT2D eigenvalue weighted by Crippen LogP contribution is 2.28. The van der Waals surface area contributed by atoms with Crippen molar-refractivity contribution in [2.45, 2.75) is 5.75 Å². The van der Waals surface area contributed by atoms with Crippen molar-refractivity contribution in [1.82, 2.24) is 0 Å². The maximum absolute atomic E-state index is 11.5. The van der Waals surface area contributed by atoms with Crippen molar-refractivity contribution in [1.29, 1.82) is 0 Å². The number of hydrogen-bond donors (Lipinski definition) is 0. The van der Waals surface area contributed by atoms with Crippen molar-refractivity contribution < 1.29 is 22.9 Å². The first kappa shape index (κ1) is 15.4. The number of carbonyl (C=O) groups is 1. The summed E-state index contributed by atoms with van der Waals surface area (Å²) in [5.74, 6) is -1.29. The van der Waals surface area contributed by atoms with Crippen LogP contribution in [0.1, 0.15) is 5.56 Å². The molecule has 0 radical (unpaired) electrons. The van der Waals surface area contributed by atoms with Gasteiger partial charge < -0.3 is 4.74 Å². The van der Waals surface area contributed by atoms with Gasteiger partial charge in [0.25, 0.3) is 0 Å². The summed E-state index contributed by atoms with van der Waals surface area (Å²) in [5.41, 5.74) is -0.155. The number of rotatable bonds is 6. The molecule has 0 aliphatic rings. The van der Waals surface area contributed by atoms with Crippen LogP contribution >= 0.6 is 11.6 Å². The fourth-order valence-corrected chi connectivity index (χ4v) is 3.08. The lowest BCUT2D eigenvalue weighted by Crippen LogP contribution is -2.14. The summed E-state index contributed by atoms with van der Waals surface area (Å²) >= 11 is 5.01. The van der Waals surface area contributed by atoms with E-state index in [4.69, 9.17) is 16.3 Å². The van der Waals surface area contributed by atoms with Crippen LogP contribution in [0.3, 0.4) is 0 Å². The predicted octanol–water partition coefficient (Wildman–Crippen LogP) is 1.28. The molecule has 0 N–H and O–H groups in total. The standard InChI is InChI=1S/C10H10ClNO6S/c1-18-9-3-2-7(4-8(9)12(14)15)5-19(16,17)6-10(11)13/h2-4H,5-6H2,1H3. The second-order valence-corrected chi connectivity index (χ2v) is 6.14. The number of halogens is 1. The molecule has 0 amide bonds. The second kappa shape index (κ2) is 5.98. The van der Waals surface area contributed by atoms with E-state index in [0.717, 1.165) is 6.07 Å². The quantitative estimate of drug-likeness (QED) is 0.445. The molecule has 1 rings (SSSR count). The van der Waals surface area contributed by atoms with Gasteiger partial charge in [0.15, 0.2) is 15.6 Å². The molecule has 0 heterocycles. The topological polar surface area (TPSA) is 104 Å². The van der Waals surface area contributed by atoms with E-state index in [-0.39, 0.29) is 17.0 Å². The summed E-state index contributed by atoms with van der Waals surface area (Å²) in [5, 5.41) is 9.78. The lowest BCUT2D eigenvalue weighted by atomic mass is 10.2. The molecule has 0 bridgehead atoms. The zero-order valence-electron chi connectivity index (χ0n) is 9.83. The Kier molecular flexibility index (Phi) is 4.84. The number of carbonyl (C=O) groups excluding carboxylic acids is 1. The molecule has 1 aromatic rings. The van der Waals surface area contributed by atoms with Gasteiger partial charge in [-0.15, -0.1) is 0 Å². The fraction of sp³-hybridized carbons (Fsp3) is 0.300. The van der Waals surface area contributed by atoms with E-state index in [9.17, 15) is 23.3 Å². The van der Waals surface area contributed by atoms with Gasteiger partial charge in [-0.1, -0.05) is 6.07 Å². The number of nitro benzene ring substituents is 1. The van der Waals surface area contributed by atoms with Crippen LogP contribution < -0.4 is 4.74 Å². The van der Waals surface area contributed by atoms with Gasteiger partial charge in [-0.2, -0.15) is 0 Å². The molecule has 0 spiro atoms. The minimum absolute atomic E-state index is 0.0274. The summed E-state index contributed by atoms with van der Waals surface area (Å²) in [6, 6.07) is 3.77. The minimum atomic E-state index is -3.74. The molecule has 7 nitrogen and oxygen atoms in total. The number of nitrogens with zero attached hydrogens (tertiary/aromatic N) is 1. The highest BCUT2D eigenvalue weighted by atomic mass is 35.5. The number of methoxy groups -OCH3 is 1. The molecule has 19 heavy (non-hydrogen) atoms. The molecular formula is C10H10ClNO6S. The zero-order chi connectivity index (χ0) is 14.6. The van der Waals surface area contributed by atoms with Crippen LogP contribution in [-0.4, -0.2) is 31.4 Å². The Morgan fingerprint density at radius 2 is 2.11 bits per heavy atom. The summed E-state index contributed by atoms with van der Waals surface area (Å²) in [7, 11) is -2.47. The number of hydrogen-bond acceptors (Lipinski definition) is 6. The Balaban J connectivity index is 3.07. The van der Waals surface area contributed by atoms with E-state index in [2.05, 4.69) is 0 Å². The molecule has 0 aliphatic carbocycles. The number of nitro groups is 1. The van der Waals surface area contributed by atoms with Crippen molar-refractivity contribution in [2.24, 2.45) is 0 Å². The maximum atomic E-state index is 11.5. The van der Waals surface area contributed by atoms with Crippen LogP contribution in [-0.2, 0) is 20.4 Å². The largest absolute Gasteiger partial charge is 0.490 e. The van der Waals surface area contributed by atoms with Gasteiger partial charge in [-0.05, 0) is 23.2 Å². The Morgan fingerprint density at radius 3 is 2.58 bits per heavy atom. The van der Waals surface area contributed by atoms with Gasteiger partial charge in [-0.3, -0.25) is 14.9 Å². The van der Waals surface area contributed by atoms with Crippen molar-refractivity contribution in [3.63, 3.8) is 0 Å². The van der Waals surface area contributed by atoms with Crippen LogP contribution in [0.15, 0.2) is 18.2 Å². The van der Waals surface area contributed by atoms with Crippen LogP contribution in [0.5, 0.6) is 5.75 Å². The first-order valence-electron chi connectivity index (χ1n) is 4.95. The molecule has 0 atom stereocenters. The first-order chi connectivity index (χ1) is 8.75. The van der Waals surface area contributed by atoms with Gasteiger partial charge in [-0.25, -0.2) is 8.42 Å². The van der Waals surface area contributed by atoms with E-state index >= 15 is 0 Å². The molecule has 0 fully saturated rings. The molecular weight excluding hydrogens is 298 g/mol. The number of benzene rings is 1. The summed E-state index contributed by atoms with van der Waals surface area (Å²) in [6.45, 7) is 0. The Labute approximate surface area is 114 Å².